The molecule has 6 heteroatoms. The number of rotatable bonds is 4. The second-order valence-corrected chi connectivity index (χ2v) is 3.03. The van der Waals surface area contributed by atoms with Crippen molar-refractivity contribution in [3.05, 3.63) is 39.7 Å². The van der Waals surface area contributed by atoms with Crippen LogP contribution in [-0.4, -0.2) is 16.5 Å². The third-order valence-electron chi connectivity index (χ3n) is 1.59. The molecule has 0 spiro atoms. The highest BCUT2D eigenvalue weighted by molar-refractivity contribution is 6.29. The van der Waals surface area contributed by atoms with Crippen molar-refractivity contribution in [1.82, 2.24) is 4.98 Å². The van der Waals surface area contributed by atoms with E-state index in [1.165, 1.54) is 12.1 Å². The lowest BCUT2D eigenvalue weighted by atomic mass is 10.3. The molecule has 0 unspecified atom stereocenters. The maximum Gasteiger partial charge on any atom is 0.274 e. The van der Waals surface area contributed by atoms with Crippen molar-refractivity contribution in [1.29, 1.82) is 0 Å². The van der Waals surface area contributed by atoms with Gasteiger partial charge < -0.3 is 4.74 Å². The molecule has 1 rings (SSSR count). The summed E-state index contributed by atoms with van der Waals surface area (Å²) in [5.74, 6) is 0.267. The van der Waals surface area contributed by atoms with Gasteiger partial charge in [-0.05, 0) is 6.92 Å². The SMILES string of the molecule is C=C(OCC)c1cc([N+](=O)[O-])cc(Cl)n1. The molecule has 0 saturated carbocycles. The van der Waals surface area contributed by atoms with Crippen LogP contribution in [-0.2, 0) is 4.74 Å². The number of hydrogen-bond acceptors (Lipinski definition) is 4. The molecule has 0 saturated heterocycles. The largest absolute Gasteiger partial charge is 0.492 e. The van der Waals surface area contributed by atoms with Gasteiger partial charge in [0.15, 0.2) is 0 Å². The monoisotopic (exact) mass is 228 g/mol. The quantitative estimate of drug-likeness (QED) is 0.344. The van der Waals surface area contributed by atoms with Gasteiger partial charge in [0.25, 0.3) is 5.69 Å². The van der Waals surface area contributed by atoms with Gasteiger partial charge in [-0.1, -0.05) is 18.2 Å². The van der Waals surface area contributed by atoms with Crippen molar-refractivity contribution < 1.29 is 9.66 Å². The fourth-order valence-electron chi connectivity index (χ4n) is 0.980. The molecule has 1 heterocycles. The molecule has 0 aliphatic heterocycles. The van der Waals surface area contributed by atoms with Crippen LogP contribution in [0.5, 0.6) is 0 Å². The Balaban J connectivity index is 3.09. The zero-order valence-corrected chi connectivity index (χ0v) is 8.82. The minimum atomic E-state index is -0.545. The molecule has 1 aromatic rings. The van der Waals surface area contributed by atoms with Crippen molar-refractivity contribution in [2.24, 2.45) is 0 Å². The number of aromatic nitrogens is 1. The summed E-state index contributed by atoms with van der Waals surface area (Å²) in [6.45, 7) is 5.79. The summed E-state index contributed by atoms with van der Waals surface area (Å²) in [6, 6.07) is 2.44. The smallest absolute Gasteiger partial charge is 0.274 e. The van der Waals surface area contributed by atoms with Crippen LogP contribution < -0.4 is 0 Å². The Labute approximate surface area is 91.5 Å². The topological polar surface area (TPSA) is 65.3 Å². The summed E-state index contributed by atoms with van der Waals surface area (Å²) in [6.07, 6.45) is 0. The highest BCUT2D eigenvalue weighted by atomic mass is 35.5. The fourth-order valence-corrected chi connectivity index (χ4v) is 1.18. The molecular weight excluding hydrogens is 220 g/mol. The van der Waals surface area contributed by atoms with Gasteiger partial charge in [-0.25, -0.2) is 4.98 Å². The minimum absolute atomic E-state index is 0.0417. The Hall–Kier alpha value is -1.62. The zero-order chi connectivity index (χ0) is 11.4. The van der Waals surface area contributed by atoms with E-state index in [1.54, 1.807) is 6.92 Å². The van der Waals surface area contributed by atoms with E-state index in [0.29, 0.717) is 6.61 Å². The van der Waals surface area contributed by atoms with Gasteiger partial charge in [-0.2, -0.15) is 0 Å². The van der Waals surface area contributed by atoms with E-state index >= 15 is 0 Å². The third-order valence-corrected chi connectivity index (χ3v) is 1.79. The molecule has 0 amide bonds. The molecule has 0 aromatic carbocycles. The maximum atomic E-state index is 10.5. The van der Waals surface area contributed by atoms with E-state index in [9.17, 15) is 10.1 Å². The van der Waals surface area contributed by atoms with Crippen LogP contribution in [0.2, 0.25) is 5.15 Å². The minimum Gasteiger partial charge on any atom is -0.492 e. The number of nitrogens with zero attached hydrogens (tertiary/aromatic N) is 2. The Kier molecular flexibility index (Phi) is 3.62. The first kappa shape index (κ1) is 11.5. The van der Waals surface area contributed by atoms with E-state index in [2.05, 4.69) is 11.6 Å². The average molecular weight is 229 g/mol. The highest BCUT2D eigenvalue weighted by Gasteiger charge is 2.12. The molecule has 1 aromatic heterocycles. The maximum absolute atomic E-state index is 10.5. The fraction of sp³-hybridized carbons (Fsp3) is 0.222. The van der Waals surface area contributed by atoms with Gasteiger partial charge in [0.2, 0.25) is 0 Å². The Bertz CT molecular complexity index is 406. The number of halogens is 1. The first-order valence-corrected chi connectivity index (χ1v) is 4.56. The molecule has 5 nitrogen and oxygen atoms in total. The summed E-state index contributed by atoms with van der Waals surface area (Å²) in [5, 5.41) is 10.6. The molecule has 15 heavy (non-hydrogen) atoms. The average Bonchev–Trinajstić information content (AvgIpc) is 2.17. The third kappa shape index (κ3) is 2.92. The van der Waals surface area contributed by atoms with E-state index in [4.69, 9.17) is 16.3 Å². The first-order valence-electron chi connectivity index (χ1n) is 4.18. The molecule has 0 N–H and O–H groups in total. The Morgan fingerprint density at radius 3 is 2.93 bits per heavy atom. The number of ether oxygens (including phenoxy) is 1. The molecule has 80 valence electrons. The number of pyridine rings is 1. The van der Waals surface area contributed by atoms with Crippen LogP contribution in [0.4, 0.5) is 5.69 Å². The van der Waals surface area contributed by atoms with Crippen LogP contribution >= 0.6 is 11.6 Å². The summed E-state index contributed by atoms with van der Waals surface area (Å²) in [5.41, 5.74) is 0.141. The van der Waals surface area contributed by atoms with Crippen LogP contribution in [0.15, 0.2) is 18.7 Å². The van der Waals surface area contributed by atoms with Gasteiger partial charge in [-0.15, -0.1) is 0 Å². The molecule has 0 aliphatic carbocycles. The first-order chi connectivity index (χ1) is 7.04. The number of hydrogen-bond donors (Lipinski definition) is 0. The normalized spacial score (nSPS) is 9.73. The van der Waals surface area contributed by atoms with Crippen molar-refractivity contribution >= 4 is 23.0 Å². The molecule has 0 radical (unpaired) electrons. The second-order valence-electron chi connectivity index (χ2n) is 2.65. The Morgan fingerprint density at radius 2 is 2.40 bits per heavy atom. The summed E-state index contributed by atoms with van der Waals surface area (Å²) < 4.78 is 5.08. The molecule has 0 aliphatic rings. The van der Waals surface area contributed by atoms with Gasteiger partial charge in [0, 0.05) is 6.07 Å². The lowest BCUT2D eigenvalue weighted by molar-refractivity contribution is -0.384. The van der Waals surface area contributed by atoms with Gasteiger partial charge in [-0.3, -0.25) is 10.1 Å². The van der Waals surface area contributed by atoms with Crippen LogP contribution in [0, 0.1) is 10.1 Å². The van der Waals surface area contributed by atoms with Crippen molar-refractivity contribution in [2.75, 3.05) is 6.61 Å². The van der Waals surface area contributed by atoms with Crippen LogP contribution in [0.1, 0.15) is 12.6 Å². The van der Waals surface area contributed by atoms with Crippen molar-refractivity contribution in [3.63, 3.8) is 0 Å². The molecular formula is C9H9ClN2O3. The predicted octanol–water partition coefficient (Wildman–Crippen LogP) is 2.65. The summed E-state index contributed by atoms with van der Waals surface area (Å²) in [4.78, 5) is 13.9. The standard InChI is InChI=1S/C9H9ClN2O3/c1-3-15-6(2)8-4-7(12(13)14)5-9(10)11-8/h4-5H,2-3H2,1H3. The molecule has 0 atom stereocenters. The second kappa shape index (κ2) is 4.75. The summed E-state index contributed by atoms with van der Waals surface area (Å²) >= 11 is 5.63. The van der Waals surface area contributed by atoms with Crippen molar-refractivity contribution in [2.45, 2.75) is 6.92 Å². The Morgan fingerprint density at radius 1 is 1.73 bits per heavy atom. The highest BCUT2D eigenvalue weighted by Crippen LogP contribution is 2.21. The van der Waals surface area contributed by atoms with E-state index in [-0.39, 0.29) is 22.3 Å². The van der Waals surface area contributed by atoms with E-state index < -0.39 is 4.92 Å². The van der Waals surface area contributed by atoms with Crippen LogP contribution in [0.25, 0.3) is 5.76 Å². The van der Waals surface area contributed by atoms with Crippen LogP contribution in [0.3, 0.4) is 0 Å². The lowest BCUT2D eigenvalue weighted by Gasteiger charge is -2.05. The van der Waals surface area contributed by atoms with E-state index in [1.807, 2.05) is 0 Å². The van der Waals surface area contributed by atoms with E-state index in [0.717, 1.165) is 0 Å². The summed E-state index contributed by atoms with van der Waals surface area (Å²) in [7, 11) is 0. The predicted molar refractivity (Wildman–Crippen MR) is 56.6 cm³/mol. The number of nitro groups is 1. The zero-order valence-electron chi connectivity index (χ0n) is 8.07. The van der Waals surface area contributed by atoms with Gasteiger partial charge >= 0.3 is 0 Å². The van der Waals surface area contributed by atoms with Gasteiger partial charge in [0.05, 0.1) is 17.6 Å². The van der Waals surface area contributed by atoms with Crippen molar-refractivity contribution in [3.8, 4) is 0 Å². The molecule has 0 bridgehead atoms. The van der Waals surface area contributed by atoms with Gasteiger partial charge in [0.1, 0.15) is 16.6 Å². The lowest BCUT2D eigenvalue weighted by Crippen LogP contribution is -1.96. The molecule has 0 fully saturated rings.